The number of aliphatic hydroxyl groups is 1. The van der Waals surface area contributed by atoms with E-state index in [1.807, 2.05) is 20.8 Å². The summed E-state index contributed by atoms with van der Waals surface area (Å²) in [7, 11) is 0. The highest BCUT2D eigenvalue weighted by Crippen LogP contribution is 2.21. The van der Waals surface area contributed by atoms with Crippen LogP contribution in [0.1, 0.15) is 34.1 Å². The Morgan fingerprint density at radius 2 is 2.00 bits per heavy atom. The molecule has 3 nitrogen and oxygen atoms in total. The van der Waals surface area contributed by atoms with Gasteiger partial charge in [-0.05, 0) is 11.8 Å². The van der Waals surface area contributed by atoms with Gasteiger partial charge in [0.2, 0.25) is 5.91 Å². The van der Waals surface area contributed by atoms with Gasteiger partial charge in [0.05, 0.1) is 0 Å². The van der Waals surface area contributed by atoms with Gasteiger partial charge in [-0.3, -0.25) is 4.79 Å². The second-order valence-corrected chi connectivity index (χ2v) is 4.13. The molecule has 0 saturated carbocycles. The number of rotatable bonds is 3. The van der Waals surface area contributed by atoms with Crippen molar-refractivity contribution in [2.45, 2.75) is 40.2 Å². The van der Waals surface area contributed by atoms with Crippen molar-refractivity contribution >= 4 is 5.91 Å². The monoisotopic (exact) mass is 173 g/mol. The van der Waals surface area contributed by atoms with Crippen LogP contribution in [0, 0.1) is 5.41 Å². The van der Waals surface area contributed by atoms with E-state index in [4.69, 9.17) is 5.11 Å². The molecule has 0 aromatic rings. The highest BCUT2D eigenvalue weighted by atomic mass is 16.3. The minimum atomic E-state index is -0.0385. The van der Waals surface area contributed by atoms with Crippen LogP contribution in [0.15, 0.2) is 0 Å². The van der Waals surface area contributed by atoms with Crippen LogP contribution in [0.4, 0.5) is 0 Å². The van der Waals surface area contributed by atoms with Crippen molar-refractivity contribution in [3.05, 3.63) is 0 Å². The maximum atomic E-state index is 10.8. The van der Waals surface area contributed by atoms with Crippen LogP contribution in [0.3, 0.4) is 0 Å². The molecular formula is C9H19NO2. The lowest BCUT2D eigenvalue weighted by atomic mass is 9.85. The molecule has 0 saturated heterocycles. The zero-order valence-electron chi connectivity index (χ0n) is 8.35. The zero-order chi connectivity index (χ0) is 9.78. The Balaban J connectivity index is 4.13. The lowest BCUT2D eigenvalue weighted by Gasteiger charge is -2.30. The van der Waals surface area contributed by atoms with Gasteiger partial charge in [-0.25, -0.2) is 0 Å². The van der Waals surface area contributed by atoms with E-state index in [9.17, 15) is 4.79 Å². The number of hydrogen-bond acceptors (Lipinski definition) is 2. The molecule has 1 unspecified atom stereocenters. The van der Waals surface area contributed by atoms with Crippen LogP contribution in [-0.4, -0.2) is 23.7 Å². The summed E-state index contributed by atoms with van der Waals surface area (Å²) in [5.74, 6) is -0.0385. The maximum absolute atomic E-state index is 10.8. The highest BCUT2D eigenvalue weighted by molar-refractivity contribution is 5.73. The van der Waals surface area contributed by atoms with Crippen molar-refractivity contribution in [1.82, 2.24) is 5.32 Å². The van der Waals surface area contributed by atoms with Gasteiger partial charge >= 0.3 is 0 Å². The zero-order valence-corrected chi connectivity index (χ0v) is 8.35. The molecule has 0 aliphatic carbocycles. The Labute approximate surface area is 74.2 Å². The van der Waals surface area contributed by atoms with Crippen LogP contribution in [0.2, 0.25) is 0 Å². The van der Waals surface area contributed by atoms with Crippen molar-refractivity contribution in [3.63, 3.8) is 0 Å². The molecule has 0 aromatic carbocycles. The Morgan fingerprint density at radius 3 is 2.25 bits per heavy atom. The van der Waals surface area contributed by atoms with Crippen molar-refractivity contribution in [1.29, 1.82) is 0 Å². The SMILES string of the molecule is CC(=O)NC(CCO)C(C)(C)C. The number of amides is 1. The Hall–Kier alpha value is -0.570. The van der Waals surface area contributed by atoms with Gasteiger partial charge in [-0.1, -0.05) is 20.8 Å². The molecule has 0 spiro atoms. The molecule has 1 amide bonds. The fourth-order valence-electron chi connectivity index (χ4n) is 1.10. The van der Waals surface area contributed by atoms with E-state index < -0.39 is 0 Å². The number of carbonyl (C=O) groups is 1. The first kappa shape index (κ1) is 11.4. The largest absolute Gasteiger partial charge is 0.396 e. The second kappa shape index (κ2) is 4.45. The molecule has 2 N–H and O–H groups in total. The van der Waals surface area contributed by atoms with E-state index >= 15 is 0 Å². The second-order valence-electron chi connectivity index (χ2n) is 4.13. The molecule has 0 aliphatic rings. The minimum Gasteiger partial charge on any atom is -0.396 e. The predicted molar refractivity (Wildman–Crippen MR) is 48.8 cm³/mol. The number of hydrogen-bond donors (Lipinski definition) is 2. The third-order valence-corrected chi connectivity index (χ3v) is 1.84. The fourth-order valence-corrected chi connectivity index (χ4v) is 1.10. The van der Waals surface area contributed by atoms with Crippen LogP contribution in [0.5, 0.6) is 0 Å². The first-order valence-electron chi connectivity index (χ1n) is 4.26. The molecule has 0 aromatic heterocycles. The molecule has 0 bridgehead atoms. The van der Waals surface area contributed by atoms with E-state index in [-0.39, 0.29) is 24.0 Å². The summed E-state index contributed by atoms with van der Waals surface area (Å²) in [4.78, 5) is 10.8. The topological polar surface area (TPSA) is 49.3 Å². The Bertz CT molecular complexity index is 149. The normalized spacial score (nSPS) is 14.1. The average molecular weight is 173 g/mol. The quantitative estimate of drug-likeness (QED) is 0.666. The molecule has 0 fully saturated rings. The Kier molecular flexibility index (Phi) is 4.24. The van der Waals surface area contributed by atoms with Gasteiger partial charge in [0, 0.05) is 19.6 Å². The van der Waals surface area contributed by atoms with Gasteiger partial charge in [0.25, 0.3) is 0 Å². The lowest BCUT2D eigenvalue weighted by molar-refractivity contribution is -0.120. The smallest absolute Gasteiger partial charge is 0.217 e. The molecule has 0 aliphatic heterocycles. The molecule has 0 heterocycles. The van der Waals surface area contributed by atoms with E-state index in [0.29, 0.717) is 6.42 Å². The van der Waals surface area contributed by atoms with E-state index in [0.717, 1.165) is 0 Å². The molecular weight excluding hydrogens is 154 g/mol. The highest BCUT2D eigenvalue weighted by Gasteiger charge is 2.24. The van der Waals surface area contributed by atoms with Crippen molar-refractivity contribution in [3.8, 4) is 0 Å². The molecule has 0 radical (unpaired) electrons. The standard InChI is InChI=1S/C9H19NO2/c1-7(12)10-8(5-6-11)9(2,3)4/h8,11H,5-6H2,1-4H3,(H,10,12). The van der Waals surface area contributed by atoms with Crippen LogP contribution >= 0.6 is 0 Å². The van der Waals surface area contributed by atoms with Gasteiger partial charge < -0.3 is 10.4 Å². The number of nitrogens with one attached hydrogen (secondary N) is 1. The van der Waals surface area contributed by atoms with Gasteiger partial charge in [0.1, 0.15) is 0 Å². The molecule has 3 heteroatoms. The summed E-state index contributed by atoms with van der Waals surface area (Å²) < 4.78 is 0. The van der Waals surface area contributed by atoms with Crippen molar-refractivity contribution < 1.29 is 9.90 Å². The van der Waals surface area contributed by atoms with Crippen LogP contribution < -0.4 is 5.32 Å². The lowest BCUT2D eigenvalue weighted by Crippen LogP contribution is -2.43. The van der Waals surface area contributed by atoms with Crippen LogP contribution in [-0.2, 0) is 4.79 Å². The summed E-state index contributed by atoms with van der Waals surface area (Å²) in [5.41, 5.74) is 0.00833. The summed E-state index contributed by atoms with van der Waals surface area (Å²) in [6, 6.07) is 0.0556. The molecule has 72 valence electrons. The van der Waals surface area contributed by atoms with Crippen LogP contribution in [0.25, 0.3) is 0 Å². The summed E-state index contributed by atoms with van der Waals surface area (Å²) >= 11 is 0. The van der Waals surface area contributed by atoms with E-state index in [2.05, 4.69) is 5.32 Å². The van der Waals surface area contributed by atoms with Gasteiger partial charge in [-0.2, -0.15) is 0 Å². The molecule has 0 rings (SSSR count). The predicted octanol–water partition coefficient (Wildman–Crippen LogP) is 0.920. The number of aliphatic hydroxyl groups excluding tert-OH is 1. The number of carbonyl (C=O) groups excluding carboxylic acids is 1. The summed E-state index contributed by atoms with van der Waals surface area (Å²) in [6.07, 6.45) is 0.614. The van der Waals surface area contributed by atoms with Crippen molar-refractivity contribution in [2.75, 3.05) is 6.61 Å². The molecule has 12 heavy (non-hydrogen) atoms. The fraction of sp³-hybridized carbons (Fsp3) is 0.889. The van der Waals surface area contributed by atoms with Crippen molar-refractivity contribution in [2.24, 2.45) is 5.41 Å². The van der Waals surface area contributed by atoms with E-state index in [1.165, 1.54) is 6.92 Å². The summed E-state index contributed by atoms with van der Waals surface area (Å²) in [6.45, 7) is 7.74. The average Bonchev–Trinajstić information content (AvgIpc) is 1.83. The van der Waals surface area contributed by atoms with E-state index in [1.54, 1.807) is 0 Å². The third kappa shape index (κ3) is 4.34. The maximum Gasteiger partial charge on any atom is 0.217 e. The molecule has 1 atom stereocenters. The summed E-state index contributed by atoms with van der Waals surface area (Å²) in [5, 5.41) is 11.6. The third-order valence-electron chi connectivity index (χ3n) is 1.84. The first-order valence-corrected chi connectivity index (χ1v) is 4.26. The Morgan fingerprint density at radius 1 is 1.50 bits per heavy atom. The first-order chi connectivity index (χ1) is 5.38. The van der Waals surface area contributed by atoms with Gasteiger partial charge in [-0.15, -0.1) is 0 Å². The minimum absolute atomic E-state index is 0.00833. The van der Waals surface area contributed by atoms with Gasteiger partial charge in [0.15, 0.2) is 0 Å².